The number of hydrogen-bond donors (Lipinski definition) is 1. The Bertz CT molecular complexity index is 547. The van der Waals surface area contributed by atoms with Crippen LogP contribution in [0.15, 0.2) is 4.52 Å². The lowest BCUT2D eigenvalue weighted by Crippen LogP contribution is -2.16. The fourth-order valence-corrected chi connectivity index (χ4v) is 1.97. The highest BCUT2D eigenvalue weighted by Crippen LogP contribution is 2.30. The predicted molar refractivity (Wildman–Crippen MR) is 60.3 cm³/mol. The molecule has 0 saturated heterocycles. The van der Waals surface area contributed by atoms with Gasteiger partial charge in [-0.2, -0.15) is 22.5 Å². The third-order valence-electron chi connectivity index (χ3n) is 2.07. The van der Waals surface area contributed by atoms with Gasteiger partial charge in [-0.3, -0.25) is 0 Å². The molecular weight excluding hydrogens is 285 g/mol. The van der Waals surface area contributed by atoms with Crippen molar-refractivity contribution in [3.8, 4) is 11.5 Å². The lowest BCUT2D eigenvalue weighted by Gasteiger charge is -2.04. The second-order valence-corrected chi connectivity index (χ2v) is 4.44. The molecule has 2 N–H and O–H groups in total. The molecule has 6 nitrogen and oxygen atoms in total. The van der Waals surface area contributed by atoms with Gasteiger partial charge in [-0.05, 0) is 18.5 Å². The van der Waals surface area contributed by atoms with Crippen LogP contribution in [0.3, 0.4) is 0 Å². The normalized spacial score (nSPS) is 12.0. The molecule has 2 heterocycles. The van der Waals surface area contributed by atoms with Crippen LogP contribution in [0.25, 0.3) is 11.5 Å². The second kappa shape index (κ2) is 5.13. The first-order chi connectivity index (χ1) is 8.87. The summed E-state index contributed by atoms with van der Waals surface area (Å²) in [7, 11) is 0. The molecule has 0 atom stereocenters. The third-order valence-corrected chi connectivity index (χ3v) is 2.83. The Hall–Kier alpha value is -1.68. The fourth-order valence-electron chi connectivity index (χ4n) is 1.32. The Morgan fingerprint density at radius 1 is 1.42 bits per heavy atom. The van der Waals surface area contributed by atoms with E-state index in [1.54, 1.807) is 6.92 Å². The van der Waals surface area contributed by atoms with Crippen LogP contribution in [0.5, 0.6) is 0 Å². The van der Waals surface area contributed by atoms with Crippen LogP contribution >= 0.6 is 11.5 Å². The number of nitrogen functional groups attached to an aromatic ring is 1. The maximum absolute atomic E-state index is 11.9. The molecular formula is C9H9F3N4O2S. The molecule has 0 bridgehead atoms. The topological polar surface area (TPSA) is 87.1 Å². The zero-order valence-corrected chi connectivity index (χ0v) is 10.5. The molecule has 0 aromatic carbocycles. The van der Waals surface area contributed by atoms with E-state index >= 15 is 0 Å². The van der Waals surface area contributed by atoms with Crippen LogP contribution in [0.2, 0.25) is 0 Å². The molecule has 0 fully saturated rings. The molecule has 19 heavy (non-hydrogen) atoms. The zero-order chi connectivity index (χ0) is 14.0. The van der Waals surface area contributed by atoms with E-state index in [0.29, 0.717) is 16.3 Å². The quantitative estimate of drug-likeness (QED) is 0.929. The first kappa shape index (κ1) is 13.7. The number of anilines is 1. The van der Waals surface area contributed by atoms with E-state index in [0.717, 1.165) is 11.5 Å². The standard InChI is InChI=1S/C9H9F3N4O2S/c1-4-6(7(13)19-16-4)8-14-5(15-18-8)2-17-3-9(10,11)12/h2-3,13H2,1H3. The van der Waals surface area contributed by atoms with Gasteiger partial charge in [-0.15, -0.1) is 0 Å². The van der Waals surface area contributed by atoms with E-state index in [1.165, 1.54) is 0 Å². The summed E-state index contributed by atoms with van der Waals surface area (Å²) in [5, 5.41) is 3.92. The van der Waals surface area contributed by atoms with Crippen LogP contribution in [0, 0.1) is 6.92 Å². The van der Waals surface area contributed by atoms with Crippen LogP contribution in [0.4, 0.5) is 18.2 Å². The molecule has 2 aromatic rings. The van der Waals surface area contributed by atoms with Crippen molar-refractivity contribution < 1.29 is 22.4 Å². The Balaban J connectivity index is 2.04. The molecule has 0 saturated carbocycles. The van der Waals surface area contributed by atoms with Crippen LogP contribution in [-0.2, 0) is 11.3 Å². The number of halogens is 3. The van der Waals surface area contributed by atoms with Crippen molar-refractivity contribution in [1.82, 2.24) is 14.5 Å². The van der Waals surface area contributed by atoms with Crippen molar-refractivity contribution in [2.75, 3.05) is 12.3 Å². The van der Waals surface area contributed by atoms with E-state index in [9.17, 15) is 13.2 Å². The highest BCUT2D eigenvalue weighted by Gasteiger charge is 2.27. The van der Waals surface area contributed by atoms with Gasteiger partial charge >= 0.3 is 6.18 Å². The first-order valence-corrected chi connectivity index (χ1v) is 5.83. The van der Waals surface area contributed by atoms with Crippen LogP contribution in [-0.4, -0.2) is 27.3 Å². The highest BCUT2D eigenvalue weighted by molar-refractivity contribution is 7.10. The molecule has 0 aliphatic rings. The molecule has 0 amide bonds. The monoisotopic (exact) mass is 294 g/mol. The number of ether oxygens (including phenoxy) is 1. The number of alkyl halides is 3. The summed E-state index contributed by atoms with van der Waals surface area (Å²) in [4.78, 5) is 3.91. The van der Waals surface area contributed by atoms with Gasteiger partial charge in [-0.25, -0.2) is 0 Å². The Labute approximate surface area is 109 Å². The second-order valence-electron chi connectivity index (χ2n) is 3.63. The average Bonchev–Trinajstić information content (AvgIpc) is 2.85. The van der Waals surface area contributed by atoms with Gasteiger partial charge < -0.3 is 15.0 Å². The molecule has 2 aromatic heterocycles. The summed E-state index contributed by atoms with van der Waals surface area (Å²) in [5.41, 5.74) is 6.81. The highest BCUT2D eigenvalue weighted by atomic mass is 32.1. The van der Waals surface area contributed by atoms with Crippen molar-refractivity contribution in [2.24, 2.45) is 0 Å². The molecule has 0 aliphatic heterocycles. The van der Waals surface area contributed by atoms with Gasteiger partial charge in [0.2, 0.25) is 0 Å². The lowest BCUT2D eigenvalue weighted by atomic mass is 10.2. The summed E-state index contributed by atoms with van der Waals surface area (Å²) >= 11 is 1.08. The third kappa shape index (κ3) is 3.41. The van der Waals surface area contributed by atoms with E-state index in [-0.39, 0.29) is 18.3 Å². The Morgan fingerprint density at radius 3 is 2.74 bits per heavy atom. The summed E-state index contributed by atoms with van der Waals surface area (Å²) in [6, 6.07) is 0. The lowest BCUT2D eigenvalue weighted by molar-refractivity contribution is -0.177. The van der Waals surface area contributed by atoms with Crippen molar-refractivity contribution in [1.29, 1.82) is 0 Å². The minimum atomic E-state index is -4.38. The molecule has 0 radical (unpaired) electrons. The van der Waals surface area contributed by atoms with Gasteiger partial charge in [0.1, 0.15) is 18.2 Å². The van der Waals surface area contributed by atoms with E-state index in [4.69, 9.17) is 10.3 Å². The van der Waals surface area contributed by atoms with E-state index in [2.05, 4.69) is 19.3 Å². The molecule has 104 valence electrons. The van der Waals surface area contributed by atoms with Crippen molar-refractivity contribution in [3.05, 3.63) is 11.5 Å². The van der Waals surface area contributed by atoms with Gasteiger partial charge in [-0.1, -0.05) is 5.16 Å². The molecule has 2 rings (SSSR count). The predicted octanol–water partition coefficient (Wildman–Crippen LogP) is 2.16. The number of nitrogens with zero attached hydrogens (tertiary/aromatic N) is 3. The van der Waals surface area contributed by atoms with Gasteiger partial charge in [0.05, 0.1) is 11.3 Å². The van der Waals surface area contributed by atoms with Crippen LogP contribution in [0.1, 0.15) is 11.5 Å². The maximum atomic E-state index is 11.9. The minimum absolute atomic E-state index is 0.0178. The summed E-state index contributed by atoms with van der Waals surface area (Å²) in [6.07, 6.45) is -4.38. The van der Waals surface area contributed by atoms with Gasteiger partial charge in [0.25, 0.3) is 5.89 Å². The Kier molecular flexibility index (Phi) is 3.71. The maximum Gasteiger partial charge on any atom is 0.411 e. The molecule has 0 aliphatic carbocycles. The summed E-state index contributed by atoms with van der Waals surface area (Å²) < 4.78 is 49.0. The number of nitrogens with two attached hydrogens (primary N) is 1. The number of aromatic nitrogens is 3. The number of rotatable bonds is 4. The number of hydrogen-bond acceptors (Lipinski definition) is 7. The SMILES string of the molecule is Cc1nsc(N)c1-c1nc(COCC(F)(F)F)no1. The average molecular weight is 294 g/mol. The van der Waals surface area contributed by atoms with Crippen LogP contribution < -0.4 is 5.73 Å². The molecule has 0 unspecified atom stereocenters. The number of aryl methyl sites for hydroxylation is 1. The zero-order valence-electron chi connectivity index (χ0n) is 9.69. The molecule has 10 heteroatoms. The van der Waals surface area contributed by atoms with Crippen molar-refractivity contribution in [2.45, 2.75) is 19.7 Å². The first-order valence-electron chi connectivity index (χ1n) is 5.06. The molecule has 0 spiro atoms. The van der Waals surface area contributed by atoms with Crippen molar-refractivity contribution in [3.63, 3.8) is 0 Å². The van der Waals surface area contributed by atoms with Gasteiger partial charge in [0.15, 0.2) is 5.82 Å². The Morgan fingerprint density at radius 2 is 2.16 bits per heavy atom. The van der Waals surface area contributed by atoms with Gasteiger partial charge in [0, 0.05) is 0 Å². The smallest absolute Gasteiger partial charge is 0.389 e. The van der Waals surface area contributed by atoms with Crippen molar-refractivity contribution >= 4 is 16.5 Å². The van der Waals surface area contributed by atoms with E-state index in [1.807, 2.05) is 0 Å². The fraction of sp³-hybridized carbons (Fsp3) is 0.444. The van der Waals surface area contributed by atoms with E-state index < -0.39 is 12.8 Å². The summed E-state index contributed by atoms with van der Waals surface area (Å²) in [6.45, 7) is -0.0379. The largest absolute Gasteiger partial charge is 0.411 e. The summed E-state index contributed by atoms with van der Waals surface area (Å²) in [5.74, 6) is 0.138. The minimum Gasteiger partial charge on any atom is -0.389 e.